The van der Waals surface area contributed by atoms with Gasteiger partial charge in [0.2, 0.25) is 5.91 Å². The van der Waals surface area contributed by atoms with Gasteiger partial charge in [0.1, 0.15) is 17.4 Å². The molecule has 6 N–H and O–H groups in total. The van der Waals surface area contributed by atoms with Crippen LogP contribution in [0.3, 0.4) is 0 Å². The van der Waals surface area contributed by atoms with Crippen LogP contribution in [0, 0.1) is 0 Å². The van der Waals surface area contributed by atoms with Crippen LogP contribution in [0.2, 0.25) is 6.32 Å². The minimum Gasteiger partial charge on any atom is -0.669 e. The number of carbonyl (C=O) groups excluding carboxylic acids is 1. The van der Waals surface area contributed by atoms with E-state index in [-0.39, 0.29) is 47.5 Å². The standard InChI is InChI=1S/C17H23BN3O7/c19-10-5-12(20-6-10)16(22)21-7-11(8-21)27-13-2-1-9-3-4-18(25,26)28-15(9)14(13)17(23)24/h1-2,10-12,20,25-26H,3-8,19H2,(H,23,24)/q-1/t10-,12+/m1/s1. The van der Waals surface area contributed by atoms with Crippen molar-refractivity contribution in [3.8, 4) is 11.5 Å². The minimum atomic E-state index is -3.09. The van der Waals surface area contributed by atoms with Gasteiger partial charge < -0.3 is 40.5 Å². The number of benzene rings is 1. The van der Waals surface area contributed by atoms with Crippen molar-refractivity contribution in [2.45, 2.75) is 37.3 Å². The second kappa shape index (κ2) is 6.92. The number of rotatable bonds is 4. The van der Waals surface area contributed by atoms with Gasteiger partial charge in [-0.2, -0.15) is 0 Å². The Morgan fingerprint density at radius 2 is 2.07 bits per heavy atom. The van der Waals surface area contributed by atoms with Crippen LogP contribution in [0.25, 0.3) is 0 Å². The van der Waals surface area contributed by atoms with Crippen LogP contribution in [0.5, 0.6) is 11.5 Å². The van der Waals surface area contributed by atoms with Gasteiger partial charge in [-0.15, -0.1) is 0 Å². The van der Waals surface area contributed by atoms with Crippen LogP contribution in [-0.2, 0) is 11.2 Å². The van der Waals surface area contributed by atoms with Crippen LogP contribution < -0.4 is 20.4 Å². The molecule has 0 aliphatic carbocycles. The number of carboxylic acid groups (broad SMARTS) is 1. The van der Waals surface area contributed by atoms with E-state index in [1.807, 2.05) is 0 Å². The highest BCUT2D eigenvalue weighted by Gasteiger charge is 2.39. The van der Waals surface area contributed by atoms with Crippen molar-refractivity contribution in [2.24, 2.45) is 5.73 Å². The third-order valence-corrected chi connectivity index (χ3v) is 5.43. The van der Waals surface area contributed by atoms with Gasteiger partial charge in [0.25, 0.3) is 0 Å². The molecule has 3 heterocycles. The second-order valence-corrected chi connectivity index (χ2v) is 7.69. The van der Waals surface area contributed by atoms with E-state index in [1.165, 1.54) is 0 Å². The predicted octanol–water partition coefficient (Wildman–Crippen LogP) is -1.48. The Morgan fingerprint density at radius 1 is 1.32 bits per heavy atom. The highest BCUT2D eigenvalue weighted by Crippen LogP contribution is 2.39. The van der Waals surface area contributed by atoms with Crippen molar-refractivity contribution in [3.05, 3.63) is 23.3 Å². The van der Waals surface area contributed by atoms with Gasteiger partial charge in [0, 0.05) is 12.6 Å². The Kier molecular flexibility index (Phi) is 4.70. The van der Waals surface area contributed by atoms with E-state index in [1.54, 1.807) is 17.0 Å². The Labute approximate surface area is 161 Å². The van der Waals surface area contributed by atoms with Gasteiger partial charge in [-0.3, -0.25) is 4.79 Å². The number of aryl methyl sites for hydroxylation is 1. The van der Waals surface area contributed by atoms with Gasteiger partial charge in [-0.05, 0) is 24.5 Å². The maximum Gasteiger partial charge on any atom is 0.430 e. The van der Waals surface area contributed by atoms with E-state index in [0.29, 0.717) is 38.0 Å². The number of carboxylic acids is 1. The van der Waals surface area contributed by atoms with Crippen molar-refractivity contribution >= 4 is 18.6 Å². The number of nitrogens with zero attached hydrogens (tertiary/aromatic N) is 1. The molecule has 0 aromatic heterocycles. The molecule has 1 aromatic carbocycles. The molecule has 4 rings (SSSR count). The maximum atomic E-state index is 12.4. The number of fused-ring (bicyclic) bond motifs is 1. The largest absolute Gasteiger partial charge is 0.669 e. The molecule has 0 saturated carbocycles. The molecular formula is C17H23BN3O7-. The van der Waals surface area contributed by atoms with Crippen molar-refractivity contribution in [1.82, 2.24) is 10.2 Å². The fourth-order valence-corrected chi connectivity index (χ4v) is 3.87. The summed E-state index contributed by atoms with van der Waals surface area (Å²) in [6.07, 6.45) is 0.547. The zero-order chi connectivity index (χ0) is 20.1. The summed E-state index contributed by atoms with van der Waals surface area (Å²) in [6.45, 7) is -1.79. The Bertz CT molecular complexity index is 812. The molecule has 2 fully saturated rings. The van der Waals surface area contributed by atoms with Crippen LogP contribution >= 0.6 is 0 Å². The SMILES string of the molecule is N[C@H]1CN[C@H](C(=O)N2CC(Oc3ccc4c(c3C(=O)O)O[B-](O)(O)CC4)C2)C1. The molecule has 3 aliphatic rings. The summed E-state index contributed by atoms with van der Waals surface area (Å²) in [5.74, 6) is -1.31. The summed E-state index contributed by atoms with van der Waals surface area (Å²) in [6, 6.07) is 2.89. The summed E-state index contributed by atoms with van der Waals surface area (Å²) >= 11 is 0. The number of ether oxygens (including phenoxy) is 1. The average molecular weight is 392 g/mol. The molecule has 0 radical (unpaired) electrons. The molecule has 2 atom stereocenters. The first kappa shape index (κ1) is 19.0. The molecule has 0 unspecified atom stereocenters. The number of likely N-dealkylation sites (tertiary alicyclic amines) is 1. The zero-order valence-electron chi connectivity index (χ0n) is 15.2. The summed E-state index contributed by atoms with van der Waals surface area (Å²) in [7, 11) is 0. The molecule has 152 valence electrons. The van der Waals surface area contributed by atoms with Gasteiger partial charge >= 0.3 is 12.7 Å². The number of aromatic carboxylic acids is 1. The first-order chi connectivity index (χ1) is 13.2. The maximum absolute atomic E-state index is 12.4. The molecule has 11 heteroatoms. The molecule has 1 aromatic rings. The first-order valence-electron chi connectivity index (χ1n) is 9.36. The minimum absolute atomic E-state index is 0.00478. The molecule has 1 amide bonds. The van der Waals surface area contributed by atoms with Crippen LogP contribution in [0.4, 0.5) is 0 Å². The van der Waals surface area contributed by atoms with E-state index in [2.05, 4.69) is 5.32 Å². The Hall–Kier alpha value is -2.34. The van der Waals surface area contributed by atoms with E-state index in [9.17, 15) is 24.7 Å². The zero-order valence-corrected chi connectivity index (χ0v) is 15.2. The molecule has 0 bridgehead atoms. The van der Waals surface area contributed by atoms with Crippen molar-refractivity contribution in [3.63, 3.8) is 0 Å². The van der Waals surface area contributed by atoms with Crippen molar-refractivity contribution in [1.29, 1.82) is 0 Å². The van der Waals surface area contributed by atoms with E-state index in [4.69, 9.17) is 15.1 Å². The molecule has 28 heavy (non-hydrogen) atoms. The third kappa shape index (κ3) is 3.53. The fourth-order valence-electron chi connectivity index (χ4n) is 3.87. The normalized spacial score (nSPS) is 26.2. The number of nitrogens with two attached hydrogens (primary N) is 1. The lowest BCUT2D eigenvalue weighted by Crippen LogP contribution is -2.59. The lowest BCUT2D eigenvalue weighted by Gasteiger charge is -2.41. The molecular weight excluding hydrogens is 369 g/mol. The lowest BCUT2D eigenvalue weighted by molar-refractivity contribution is -0.142. The number of nitrogens with one attached hydrogen (secondary N) is 1. The van der Waals surface area contributed by atoms with Crippen molar-refractivity contribution in [2.75, 3.05) is 19.6 Å². The van der Waals surface area contributed by atoms with Gasteiger partial charge in [0.15, 0.2) is 0 Å². The number of carbonyl (C=O) groups is 2. The lowest BCUT2D eigenvalue weighted by atomic mass is 9.70. The topological polar surface area (TPSA) is 155 Å². The number of hydrogen-bond donors (Lipinski definition) is 5. The summed E-state index contributed by atoms with van der Waals surface area (Å²) in [5.41, 5.74) is 6.16. The van der Waals surface area contributed by atoms with Crippen LogP contribution in [0.15, 0.2) is 12.1 Å². The molecule has 0 spiro atoms. The first-order valence-corrected chi connectivity index (χ1v) is 9.36. The predicted molar refractivity (Wildman–Crippen MR) is 98.1 cm³/mol. The average Bonchev–Trinajstić information content (AvgIpc) is 3.02. The summed E-state index contributed by atoms with van der Waals surface area (Å²) in [4.78, 5) is 25.8. The summed E-state index contributed by atoms with van der Waals surface area (Å²) < 4.78 is 10.9. The Balaban J connectivity index is 1.45. The van der Waals surface area contributed by atoms with Gasteiger partial charge in [-0.1, -0.05) is 12.4 Å². The highest BCUT2D eigenvalue weighted by molar-refractivity contribution is 6.59. The van der Waals surface area contributed by atoms with E-state index in [0.717, 1.165) is 0 Å². The van der Waals surface area contributed by atoms with Gasteiger partial charge in [0.05, 0.1) is 24.9 Å². The highest BCUT2D eigenvalue weighted by atomic mass is 16.6. The number of hydrogen-bond acceptors (Lipinski definition) is 8. The van der Waals surface area contributed by atoms with Crippen molar-refractivity contribution < 1.29 is 34.1 Å². The number of amides is 1. The van der Waals surface area contributed by atoms with E-state index < -0.39 is 12.7 Å². The van der Waals surface area contributed by atoms with Crippen LogP contribution in [0.1, 0.15) is 22.3 Å². The van der Waals surface area contributed by atoms with Gasteiger partial charge in [-0.25, -0.2) is 4.79 Å². The smallest absolute Gasteiger partial charge is 0.430 e. The molecule has 3 aliphatic heterocycles. The fraction of sp³-hybridized carbons (Fsp3) is 0.529. The molecule has 2 saturated heterocycles. The second-order valence-electron chi connectivity index (χ2n) is 7.69. The van der Waals surface area contributed by atoms with Crippen LogP contribution in [-0.4, -0.2) is 76.5 Å². The monoisotopic (exact) mass is 392 g/mol. The summed E-state index contributed by atoms with van der Waals surface area (Å²) in [5, 5.41) is 32.2. The van der Waals surface area contributed by atoms with E-state index >= 15 is 0 Å². The third-order valence-electron chi connectivity index (χ3n) is 5.43. The quantitative estimate of drug-likeness (QED) is 0.386. The Morgan fingerprint density at radius 3 is 2.71 bits per heavy atom. The molecule has 10 nitrogen and oxygen atoms in total.